The Balaban J connectivity index is 1.99. The molecule has 1 saturated carbocycles. The average molecular weight is 262 g/mol. The summed E-state index contributed by atoms with van der Waals surface area (Å²) in [5.41, 5.74) is 4.28. The van der Waals surface area contributed by atoms with Crippen LogP contribution >= 0.6 is 0 Å². The van der Waals surface area contributed by atoms with Crippen molar-refractivity contribution in [3.8, 4) is 0 Å². The Morgan fingerprint density at radius 2 is 1.45 bits per heavy atom. The molecule has 1 aliphatic carbocycles. The fourth-order valence-electron chi connectivity index (χ4n) is 3.64. The first kappa shape index (κ1) is 13.2. The number of hydrogen-bond acceptors (Lipinski definition) is 0. The third-order valence-electron chi connectivity index (χ3n) is 4.61. The minimum atomic E-state index is 0.639. The summed E-state index contributed by atoms with van der Waals surface area (Å²) in [5.74, 6) is 1.30. The van der Waals surface area contributed by atoms with Crippen LogP contribution in [-0.4, -0.2) is 0 Å². The zero-order valence-electron chi connectivity index (χ0n) is 12.0. The molecule has 2 aromatic rings. The Hall–Kier alpha value is -1.82. The highest BCUT2D eigenvalue weighted by Crippen LogP contribution is 2.44. The van der Waals surface area contributed by atoms with E-state index in [1.54, 1.807) is 0 Å². The summed E-state index contributed by atoms with van der Waals surface area (Å²) < 4.78 is 0. The average Bonchev–Trinajstić information content (AvgIpc) is 2.55. The van der Waals surface area contributed by atoms with Gasteiger partial charge in [0.05, 0.1) is 0 Å². The molecule has 0 aliphatic heterocycles. The molecular weight excluding hydrogens is 240 g/mol. The van der Waals surface area contributed by atoms with Crippen LogP contribution in [0.1, 0.15) is 54.2 Å². The molecule has 20 heavy (non-hydrogen) atoms. The quantitative estimate of drug-likeness (QED) is 0.658. The summed E-state index contributed by atoms with van der Waals surface area (Å²) in [7, 11) is 0. The summed E-state index contributed by atoms with van der Waals surface area (Å²) in [5, 5.41) is 0. The minimum absolute atomic E-state index is 0.639. The Kier molecular flexibility index (Phi) is 4.01. The van der Waals surface area contributed by atoms with Gasteiger partial charge in [-0.05, 0) is 41.4 Å². The van der Waals surface area contributed by atoms with Gasteiger partial charge in [0.1, 0.15) is 0 Å². The van der Waals surface area contributed by atoms with E-state index < -0.39 is 0 Å². The van der Waals surface area contributed by atoms with E-state index >= 15 is 0 Å². The lowest BCUT2D eigenvalue weighted by molar-refractivity contribution is 0.386. The molecule has 0 spiro atoms. The third kappa shape index (κ3) is 2.56. The number of hydrogen-bond donors (Lipinski definition) is 0. The highest BCUT2D eigenvalue weighted by Gasteiger charge is 2.28. The fraction of sp³-hybridized carbons (Fsp3) is 0.300. The van der Waals surface area contributed by atoms with Gasteiger partial charge in [0.15, 0.2) is 0 Å². The number of rotatable bonds is 3. The second-order valence-corrected chi connectivity index (χ2v) is 5.74. The van der Waals surface area contributed by atoms with Gasteiger partial charge in [-0.2, -0.15) is 0 Å². The zero-order valence-corrected chi connectivity index (χ0v) is 12.0. The van der Waals surface area contributed by atoms with Gasteiger partial charge in [-0.25, -0.2) is 0 Å². The van der Waals surface area contributed by atoms with Crippen molar-refractivity contribution in [2.75, 3.05) is 0 Å². The fourth-order valence-corrected chi connectivity index (χ4v) is 3.64. The highest BCUT2D eigenvalue weighted by atomic mass is 14.3. The molecule has 1 fully saturated rings. The summed E-state index contributed by atoms with van der Waals surface area (Å²) in [4.78, 5) is 0. The predicted octanol–water partition coefficient (Wildman–Crippen LogP) is 5.77. The molecular formula is C20H22. The lowest BCUT2D eigenvalue weighted by Gasteiger charge is -2.33. The minimum Gasteiger partial charge on any atom is -0.0985 e. The van der Waals surface area contributed by atoms with Crippen LogP contribution in [0.25, 0.3) is 6.08 Å². The van der Waals surface area contributed by atoms with Crippen LogP contribution in [0.4, 0.5) is 0 Å². The molecule has 0 heterocycles. The van der Waals surface area contributed by atoms with Crippen molar-refractivity contribution in [2.24, 2.45) is 0 Å². The molecule has 0 saturated heterocycles. The van der Waals surface area contributed by atoms with E-state index in [2.05, 4.69) is 61.2 Å². The Morgan fingerprint density at radius 1 is 0.800 bits per heavy atom. The van der Waals surface area contributed by atoms with Gasteiger partial charge in [0.2, 0.25) is 0 Å². The van der Waals surface area contributed by atoms with Crippen molar-refractivity contribution in [2.45, 2.75) is 37.5 Å². The lowest BCUT2D eigenvalue weighted by atomic mass is 9.71. The van der Waals surface area contributed by atoms with Crippen LogP contribution in [0.2, 0.25) is 0 Å². The van der Waals surface area contributed by atoms with Crippen LogP contribution < -0.4 is 0 Å². The van der Waals surface area contributed by atoms with E-state index in [0.717, 1.165) is 0 Å². The zero-order chi connectivity index (χ0) is 13.8. The largest absolute Gasteiger partial charge is 0.0985 e. The molecule has 0 radical (unpaired) electrons. The first-order chi connectivity index (χ1) is 9.90. The Morgan fingerprint density at radius 3 is 2.20 bits per heavy atom. The summed E-state index contributed by atoms with van der Waals surface area (Å²) in [6.07, 6.45) is 7.31. The van der Waals surface area contributed by atoms with Crippen LogP contribution in [0.5, 0.6) is 0 Å². The van der Waals surface area contributed by atoms with E-state index in [1.807, 2.05) is 6.08 Å². The molecule has 0 heteroatoms. The van der Waals surface area contributed by atoms with E-state index in [1.165, 1.54) is 42.4 Å². The normalized spacial score (nSPS) is 22.4. The van der Waals surface area contributed by atoms with Gasteiger partial charge in [-0.1, -0.05) is 80.1 Å². The van der Waals surface area contributed by atoms with Gasteiger partial charge >= 0.3 is 0 Å². The van der Waals surface area contributed by atoms with Gasteiger partial charge < -0.3 is 0 Å². The molecule has 0 amide bonds. The maximum Gasteiger partial charge on any atom is -0.00872 e. The molecule has 2 aromatic carbocycles. The topological polar surface area (TPSA) is 0 Å². The van der Waals surface area contributed by atoms with Crippen LogP contribution in [0, 0.1) is 0 Å². The molecule has 3 rings (SSSR count). The smallest absolute Gasteiger partial charge is 0.00872 e. The molecule has 0 aromatic heterocycles. The predicted molar refractivity (Wildman–Crippen MR) is 86.9 cm³/mol. The van der Waals surface area contributed by atoms with Crippen molar-refractivity contribution in [3.05, 3.63) is 77.9 Å². The van der Waals surface area contributed by atoms with E-state index in [0.29, 0.717) is 11.8 Å². The molecule has 2 atom stereocenters. The van der Waals surface area contributed by atoms with Gasteiger partial charge in [0.25, 0.3) is 0 Å². The van der Waals surface area contributed by atoms with Gasteiger partial charge in [0, 0.05) is 0 Å². The summed E-state index contributed by atoms with van der Waals surface area (Å²) in [6.45, 7) is 3.98. The maximum atomic E-state index is 3.98. The third-order valence-corrected chi connectivity index (χ3v) is 4.61. The summed E-state index contributed by atoms with van der Waals surface area (Å²) in [6, 6.07) is 19.8. The van der Waals surface area contributed by atoms with Gasteiger partial charge in [-0.15, -0.1) is 0 Å². The van der Waals surface area contributed by atoms with Crippen molar-refractivity contribution < 1.29 is 0 Å². The van der Waals surface area contributed by atoms with Crippen molar-refractivity contribution >= 4 is 6.08 Å². The Bertz CT molecular complexity index is 568. The maximum absolute atomic E-state index is 3.98. The second-order valence-electron chi connectivity index (χ2n) is 5.74. The SMILES string of the molecule is C=Cc1ccccc1C1CCCCC1c1ccccc1. The summed E-state index contributed by atoms with van der Waals surface area (Å²) >= 11 is 0. The molecule has 0 nitrogen and oxygen atoms in total. The first-order valence-corrected chi connectivity index (χ1v) is 7.66. The van der Waals surface area contributed by atoms with E-state index in [-0.39, 0.29) is 0 Å². The molecule has 0 N–H and O–H groups in total. The monoisotopic (exact) mass is 262 g/mol. The van der Waals surface area contributed by atoms with Crippen molar-refractivity contribution in [1.29, 1.82) is 0 Å². The molecule has 1 aliphatic rings. The Labute approximate surface area is 122 Å². The highest BCUT2D eigenvalue weighted by molar-refractivity contribution is 5.53. The van der Waals surface area contributed by atoms with E-state index in [9.17, 15) is 0 Å². The van der Waals surface area contributed by atoms with Crippen molar-refractivity contribution in [1.82, 2.24) is 0 Å². The lowest BCUT2D eigenvalue weighted by Crippen LogP contribution is -2.17. The molecule has 0 bridgehead atoms. The molecule has 102 valence electrons. The van der Waals surface area contributed by atoms with E-state index in [4.69, 9.17) is 0 Å². The second kappa shape index (κ2) is 6.09. The molecule has 2 unspecified atom stereocenters. The number of benzene rings is 2. The first-order valence-electron chi connectivity index (χ1n) is 7.66. The van der Waals surface area contributed by atoms with Crippen LogP contribution in [0.15, 0.2) is 61.2 Å². The van der Waals surface area contributed by atoms with Crippen molar-refractivity contribution in [3.63, 3.8) is 0 Å². The van der Waals surface area contributed by atoms with Crippen LogP contribution in [0.3, 0.4) is 0 Å². The standard InChI is InChI=1S/C20H22/c1-2-16-10-6-7-13-18(16)20-15-9-8-14-19(20)17-11-4-3-5-12-17/h2-7,10-13,19-20H,1,8-9,14-15H2. The van der Waals surface area contributed by atoms with Gasteiger partial charge in [-0.3, -0.25) is 0 Å². The van der Waals surface area contributed by atoms with Crippen LogP contribution in [-0.2, 0) is 0 Å².